The van der Waals surface area contributed by atoms with E-state index in [9.17, 15) is 19.0 Å². The van der Waals surface area contributed by atoms with E-state index < -0.39 is 26.6 Å². The SMILES string of the molecule is CC/C=C\C/C=C\C/C=C\C/C=C\C/C=C\C/C=C\CCCCCCC(=O)NC(COP(=O)([O-])OCC[N+](C)(C)C)C(/C=C/CCCCCCCCCCC)OC(=O)CCCCCCCCCCCCCCCCCCCCCCCCCCCCC. The molecule has 1 amide bonds. The third-order valence-electron chi connectivity index (χ3n) is 16.3. The monoisotopic (exact) mass is 1240 g/mol. The first-order chi connectivity index (χ1) is 42.4. The summed E-state index contributed by atoms with van der Waals surface area (Å²) in [6.45, 7) is 6.74. The van der Waals surface area contributed by atoms with Crippen molar-refractivity contribution < 1.29 is 37.3 Å². The summed E-state index contributed by atoms with van der Waals surface area (Å²) in [4.78, 5) is 40.2. The molecule has 0 fully saturated rings. The summed E-state index contributed by atoms with van der Waals surface area (Å²) >= 11 is 0. The first-order valence-corrected chi connectivity index (χ1v) is 38.4. The van der Waals surface area contributed by atoms with Gasteiger partial charge in [0.15, 0.2) is 0 Å². The number of esters is 1. The molecular formula is C77H141N2O7P. The lowest BCUT2D eigenvalue weighted by atomic mass is 10.0. The number of hydrogen-bond acceptors (Lipinski definition) is 7. The van der Waals surface area contributed by atoms with Crippen LogP contribution >= 0.6 is 7.82 Å². The molecule has 3 atom stereocenters. The zero-order valence-corrected chi connectivity index (χ0v) is 58.9. The third-order valence-corrected chi connectivity index (χ3v) is 17.3. The zero-order valence-electron chi connectivity index (χ0n) is 58.0. The van der Waals surface area contributed by atoms with Gasteiger partial charge in [-0.15, -0.1) is 0 Å². The summed E-state index contributed by atoms with van der Waals surface area (Å²) in [5, 5.41) is 3.03. The maximum Gasteiger partial charge on any atom is 0.306 e. The number of phosphoric acid groups is 1. The number of hydrogen-bond donors (Lipinski definition) is 1. The number of amides is 1. The van der Waals surface area contributed by atoms with Gasteiger partial charge in [0.2, 0.25) is 5.91 Å². The lowest BCUT2D eigenvalue weighted by Gasteiger charge is -2.30. The van der Waals surface area contributed by atoms with E-state index >= 15 is 0 Å². The van der Waals surface area contributed by atoms with Gasteiger partial charge < -0.3 is 28.5 Å². The topological polar surface area (TPSA) is 114 Å². The minimum absolute atomic E-state index is 0.0297. The second kappa shape index (κ2) is 66.1. The van der Waals surface area contributed by atoms with Gasteiger partial charge in [0.05, 0.1) is 33.8 Å². The molecule has 0 aromatic carbocycles. The van der Waals surface area contributed by atoms with Crippen molar-refractivity contribution in [2.75, 3.05) is 40.9 Å². The molecule has 87 heavy (non-hydrogen) atoms. The molecule has 3 unspecified atom stereocenters. The van der Waals surface area contributed by atoms with E-state index in [0.717, 1.165) is 103 Å². The molecule has 0 rings (SSSR count). The highest BCUT2D eigenvalue weighted by Gasteiger charge is 2.27. The van der Waals surface area contributed by atoms with Crippen LogP contribution in [0.1, 0.15) is 342 Å². The van der Waals surface area contributed by atoms with Gasteiger partial charge >= 0.3 is 5.97 Å². The summed E-state index contributed by atoms with van der Waals surface area (Å²) < 4.78 is 30.4. The number of quaternary nitrogens is 1. The lowest BCUT2D eigenvalue weighted by molar-refractivity contribution is -0.870. The Morgan fingerprint density at radius 2 is 0.736 bits per heavy atom. The third kappa shape index (κ3) is 67.4. The molecule has 1 N–H and O–H groups in total. The molecule has 0 saturated carbocycles. The molecule has 9 nitrogen and oxygen atoms in total. The summed E-state index contributed by atoms with van der Waals surface area (Å²) in [6, 6.07) is -0.906. The van der Waals surface area contributed by atoms with Crippen molar-refractivity contribution in [1.29, 1.82) is 0 Å². The molecule has 0 aliphatic carbocycles. The van der Waals surface area contributed by atoms with Crippen molar-refractivity contribution in [3.63, 3.8) is 0 Å². The van der Waals surface area contributed by atoms with Crippen molar-refractivity contribution in [3.8, 4) is 0 Å². The molecular weight excluding hydrogens is 1100 g/mol. The van der Waals surface area contributed by atoms with Crippen LogP contribution in [-0.2, 0) is 27.9 Å². The van der Waals surface area contributed by atoms with Crippen molar-refractivity contribution in [2.45, 2.75) is 354 Å². The van der Waals surface area contributed by atoms with Gasteiger partial charge in [0, 0.05) is 12.8 Å². The first-order valence-electron chi connectivity index (χ1n) is 36.9. The Morgan fingerprint density at radius 1 is 0.414 bits per heavy atom. The molecule has 0 spiro atoms. The van der Waals surface area contributed by atoms with Crippen LogP contribution in [0, 0.1) is 0 Å². The average Bonchev–Trinajstić information content (AvgIpc) is 3.70. The first kappa shape index (κ1) is 84.2. The molecule has 0 saturated heterocycles. The molecule has 506 valence electrons. The highest BCUT2D eigenvalue weighted by molar-refractivity contribution is 7.45. The second-order valence-corrected chi connectivity index (χ2v) is 27.5. The van der Waals surface area contributed by atoms with E-state index in [2.05, 4.69) is 99.0 Å². The van der Waals surface area contributed by atoms with Gasteiger partial charge in [0.1, 0.15) is 19.3 Å². The average molecular weight is 1240 g/mol. The number of rotatable bonds is 67. The van der Waals surface area contributed by atoms with Crippen molar-refractivity contribution in [2.24, 2.45) is 0 Å². The van der Waals surface area contributed by atoms with E-state index in [1.807, 2.05) is 33.3 Å². The summed E-state index contributed by atoms with van der Waals surface area (Å²) in [5.74, 6) is -0.561. The lowest BCUT2D eigenvalue weighted by Crippen LogP contribution is -2.47. The van der Waals surface area contributed by atoms with Crippen LogP contribution in [0.15, 0.2) is 85.1 Å². The fourth-order valence-electron chi connectivity index (χ4n) is 10.7. The maximum absolute atomic E-state index is 13.6. The Balaban J connectivity index is 5.00. The summed E-state index contributed by atoms with van der Waals surface area (Å²) in [6.07, 6.45) is 88.7. The highest BCUT2D eigenvalue weighted by Crippen LogP contribution is 2.38. The number of ether oxygens (including phenoxy) is 1. The normalized spacial score (nSPS) is 14.0. The van der Waals surface area contributed by atoms with Crippen LogP contribution in [0.25, 0.3) is 0 Å². The highest BCUT2D eigenvalue weighted by atomic mass is 31.2. The van der Waals surface area contributed by atoms with Gasteiger partial charge in [-0.05, 0) is 83.1 Å². The molecule has 0 aromatic heterocycles. The summed E-state index contributed by atoms with van der Waals surface area (Å²) in [7, 11) is 1.17. The van der Waals surface area contributed by atoms with E-state index in [1.54, 1.807) is 0 Å². The number of likely N-dealkylation sites (N-methyl/N-ethyl adjacent to an activating group) is 1. The Hall–Kier alpha value is -2.81. The van der Waals surface area contributed by atoms with E-state index in [-0.39, 0.29) is 31.3 Å². The largest absolute Gasteiger partial charge is 0.756 e. The van der Waals surface area contributed by atoms with Gasteiger partial charge in [0.25, 0.3) is 7.82 Å². The standard InChI is InChI=1S/C77H141N2O7P/c1-7-10-13-16-19-22-25-27-29-31-33-35-37-38-39-40-42-44-46-48-50-52-55-58-61-64-67-70-77(81)86-75(68-65-62-59-56-53-24-21-18-15-12-9-3)74(73-85-87(82,83)84-72-71-79(4,5)6)78-76(80)69-66-63-60-57-54-51-49-47-45-43-41-36-34-32-30-28-26-23-20-17-14-11-8-2/h11,14,20,23,28,30,34,36,43,45,49,51,65,68,74-75H,7-10,12-13,15-19,21-22,24-27,29,31-33,35,37-42,44,46-48,50,52-64,66-67,69-73H2,1-6H3,(H-,78,80,82,83)/b14-11-,23-20-,30-28-,36-34-,45-43-,51-49-,68-65+. The van der Waals surface area contributed by atoms with Crippen LogP contribution in [0.3, 0.4) is 0 Å². The van der Waals surface area contributed by atoms with Crippen molar-refractivity contribution >= 4 is 19.7 Å². The van der Waals surface area contributed by atoms with Crippen molar-refractivity contribution in [3.05, 3.63) is 85.1 Å². The van der Waals surface area contributed by atoms with E-state index in [4.69, 9.17) is 13.8 Å². The number of phosphoric ester groups is 1. The minimum Gasteiger partial charge on any atom is -0.756 e. The Kier molecular flexibility index (Phi) is 64.0. The van der Waals surface area contributed by atoms with E-state index in [0.29, 0.717) is 17.4 Å². The van der Waals surface area contributed by atoms with Crippen LogP contribution in [-0.4, -0.2) is 69.4 Å². The van der Waals surface area contributed by atoms with Crippen molar-refractivity contribution in [1.82, 2.24) is 5.32 Å². The number of unbranched alkanes of at least 4 members (excludes halogenated alkanes) is 39. The molecule has 0 bridgehead atoms. The van der Waals surface area contributed by atoms with Gasteiger partial charge in [-0.25, -0.2) is 0 Å². The fourth-order valence-corrected chi connectivity index (χ4v) is 11.4. The number of allylic oxidation sites excluding steroid dienone is 13. The Labute approximate surface area is 539 Å². The number of nitrogens with zero attached hydrogens (tertiary/aromatic N) is 1. The predicted octanol–water partition coefficient (Wildman–Crippen LogP) is 23.0. The Morgan fingerprint density at radius 3 is 1.10 bits per heavy atom. The number of carbonyl (C=O) groups is 2. The van der Waals surface area contributed by atoms with Crippen LogP contribution in [0.5, 0.6) is 0 Å². The fraction of sp³-hybridized carbons (Fsp3) is 0.792. The molecule has 0 aliphatic heterocycles. The molecule has 0 heterocycles. The van der Waals surface area contributed by atoms with Gasteiger partial charge in [-0.2, -0.15) is 0 Å². The zero-order chi connectivity index (χ0) is 63.5. The smallest absolute Gasteiger partial charge is 0.306 e. The maximum atomic E-state index is 13.6. The molecule has 0 aromatic rings. The van der Waals surface area contributed by atoms with Gasteiger partial charge in [-0.3, -0.25) is 14.2 Å². The quantitative estimate of drug-likeness (QED) is 0.0212. The predicted molar refractivity (Wildman–Crippen MR) is 376 cm³/mol. The van der Waals surface area contributed by atoms with Crippen LogP contribution in [0.2, 0.25) is 0 Å². The summed E-state index contributed by atoms with van der Waals surface area (Å²) in [5.41, 5.74) is 0. The molecule has 0 radical (unpaired) electrons. The van der Waals surface area contributed by atoms with Crippen LogP contribution < -0.4 is 10.2 Å². The molecule has 0 aliphatic rings. The molecule has 10 heteroatoms. The minimum atomic E-state index is -4.71. The van der Waals surface area contributed by atoms with Crippen LogP contribution in [0.4, 0.5) is 0 Å². The Bertz CT molecular complexity index is 1760. The van der Waals surface area contributed by atoms with E-state index in [1.165, 1.54) is 199 Å². The number of carbonyl (C=O) groups excluding carboxylic acids is 2. The number of nitrogens with one attached hydrogen (secondary N) is 1. The van der Waals surface area contributed by atoms with Gasteiger partial charge in [-0.1, -0.05) is 331 Å². The second-order valence-electron chi connectivity index (χ2n) is 26.1.